The molecule has 0 amide bonds. The van der Waals surface area contributed by atoms with Crippen LogP contribution in [0.15, 0.2) is 24.3 Å². The quantitative estimate of drug-likeness (QED) is 0.740. The van der Waals surface area contributed by atoms with Crippen LogP contribution in [0.25, 0.3) is 0 Å². The second-order valence-electron chi connectivity index (χ2n) is 4.87. The zero-order chi connectivity index (χ0) is 12.8. The van der Waals surface area contributed by atoms with Crippen molar-refractivity contribution >= 4 is 5.69 Å². The van der Waals surface area contributed by atoms with Gasteiger partial charge in [0.15, 0.2) is 0 Å². The summed E-state index contributed by atoms with van der Waals surface area (Å²) in [6.45, 7) is 9.18. The Morgan fingerprint density at radius 1 is 1.11 bits per heavy atom. The number of hydrogen-bond acceptors (Lipinski definition) is 2. The molecule has 1 heterocycles. The van der Waals surface area contributed by atoms with E-state index in [4.69, 9.17) is 0 Å². The summed E-state index contributed by atoms with van der Waals surface area (Å²) < 4.78 is 13.2. The number of halogens is 1. The van der Waals surface area contributed by atoms with Gasteiger partial charge in [-0.25, -0.2) is 4.39 Å². The first-order valence-corrected chi connectivity index (χ1v) is 6.82. The molecular weight excluding hydrogens is 227 g/mol. The van der Waals surface area contributed by atoms with Crippen molar-refractivity contribution in [1.29, 1.82) is 0 Å². The van der Waals surface area contributed by atoms with Gasteiger partial charge in [-0.05, 0) is 31.2 Å². The van der Waals surface area contributed by atoms with Crippen molar-refractivity contribution in [2.24, 2.45) is 0 Å². The van der Waals surface area contributed by atoms with E-state index in [0.717, 1.165) is 38.3 Å². The minimum absolute atomic E-state index is 0.148. The highest BCUT2D eigenvalue weighted by molar-refractivity contribution is 5.46. The average molecular weight is 249 g/mol. The average Bonchev–Trinajstić information content (AvgIpc) is 2.40. The van der Waals surface area contributed by atoms with Gasteiger partial charge in [-0.3, -0.25) is 4.90 Å². The standard InChI is InChI=1S/C15H22FN2/c1-2-3-4-8-17-9-11-18(12-10-17)15-7-5-6-14(16)13-15/h5-7,13H,1-4,8-12H2. The van der Waals surface area contributed by atoms with Crippen molar-refractivity contribution in [3.63, 3.8) is 0 Å². The van der Waals surface area contributed by atoms with Crippen LogP contribution < -0.4 is 4.90 Å². The second-order valence-corrected chi connectivity index (χ2v) is 4.87. The van der Waals surface area contributed by atoms with Gasteiger partial charge in [-0.2, -0.15) is 0 Å². The van der Waals surface area contributed by atoms with Crippen LogP contribution in [0.3, 0.4) is 0 Å². The lowest BCUT2D eigenvalue weighted by molar-refractivity contribution is 0.253. The summed E-state index contributed by atoms with van der Waals surface area (Å²) in [5, 5.41) is 0. The Kier molecular flexibility index (Phi) is 5.00. The van der Waals surface area contributed by atoms with Gasteiger partial charge in [-0.1, -0.05) is 25.8 Å². The maximum Gasteiger partial charge on any atom is 0.125 e. The van der Waals surface area contributed by atoms with E-state index in [9.17, 15) is 4.39 Å². The topological polar surface area (TPSA) is 6.48 Å². The summed E-state index contributed by atoms with van der Waals surface area (Å²) in [7, 11) is 0. The molecule has 0 atom stereocenters. The lowest BCUT2D eigenvalue weighted by Gasteiger charge is -2.36. The van der Waals surface area contributed by atoms with Gasteiger partial charge in [-0.15, -0.1) is 0 Å². The first kappa shape index (κ1) is 13.3. The van der Waals surface area contributed by atoms with E-state index < -0.39 is 0 Å². The number of anilines is 1. The van der Waals surface area contributed by atoms with E-state index >= 15 is 0 Å². The molecule has 1 aromatic rings. The van der Waals surface area contributed by atoms with Crippen molar-refractivity contribution in [3.8, 4) is 0 Å². The van der Waals surface area contributed by atoms with Crippen LogP contribution >= 0.6 is 0 Å². The lowest BCUT2D eigenvalue weighted by atomic mass is 10.2. The van der Waals surface area contributed by atoms with E-state index in [1.165, 1.54) is 25.5 Å². The normalized spacial score (nSPS) is 17.1. The Morgan fingerprint density at radius 3 is 2.56 bits per heavy atom. The molecule has 0 saturated carbocycles. The summed E-state index contributed by atoms with van der Waals surface area (Å²) in [5.41, 5.74) is 1.01. The smallest absolute Gasteiger partial charge is 0.125 e. The SMILES string of the molecule is [CH2]CCCCN1CCN(c2cccc(F)c2)CC1. The summed E-state index contributed by atoms with van der Waals surface area (Å²) in [4.78, 5) is 4.76. The van der Waals surface area contributed by atoms with Crippen LogP contribution in [-0.2, 0) is 0 Å². The monoisotopic (exact) mass is 249 g/mol. The Balaban J connectivity index is 1.79. The van der Waals surface area contributed by atoms with Gasteiger partial charge >= 0.3 is 0 Å². The Morgan fingerprint density at radius 2 is 1.89 bits per heavy atom. The van der Waals surface area contributed by atoms with Crippen LogP contribution in [-0.4, -0.2) is 37.6 Å². The fourth-order valence-corrected chi connectivity index (χ4v) is 2.41. The molecule has 0 aromatic heterocycles. The summed E-state index contributed by atoms with van der Waals surface area (Å²) >= 11 is 0. The third-order valence-electron chi connectivity index (χ3n) is 3.52. The largest absolute Gasteiger partial charge is 0.369 e. The molecule has 1 fully saturated rings. The minimum atomic E-state index is -0.148. The number of rotatable bonds is 5. The lowest BCUT2D eigenvalue weighted by Crippen LogP contribution is -2.46. The molecule has 99 valence electrons. The summed E-state index contributed by atoms with van der Waals surface area (Å²) in [6, 6.07) is 6.89. The van der Waals surface area contributed by atoms with Crippen molar-refractivity contribution in [3.05, 3.63) is 37.0 Å². The number of benzene rings is 1. The van der Waals surface area contributed by atoms with E-state index in [0.29, 0.717) is 0 Å². The predicted octanol–water partition coefficient (Wildman–Crippen LogP) is 2.95. The van der Waals surface area contributed by atoms with Gasteiger partial charge in [0.25, 0.3) is 0 Å². The molecular formula is C15H22FN2. The Labute approximate surface area is 109 Å². The first-order valence-electron chi connectivity index (χ1n) is 6.82. The van der Waals surface area contributed by atoms with Crippen LogP contribution in [0.5, 0.6) is 0 Å². The van der Waals surface area contributed by atoms with E-state index in [1.54, 1.807) is 12.1 Å². The maximum atomic E-state index is 13.2. The minimum Gasteiger partial charge on any atom is -0.369 e. The van der Waals surface area contributed by atoms with Crippen molar-refractivity contribution in [1.82, 2.24) is 4.90 Å². The molecule has 2 nitrogen and oxygen atoms in total. The zero-order valence-electron chi connectivity index (χ0n) is 10.9. The highest BCUT2D eigenvalue weighted by Gasteiger charge is 2.16. The molecule has 0 N–H and O–H groups in total. The summed E-state index contributed by atoms with van der Waals surface area (Å²) in [6.07, 6.45) is 3.48. The molecule has 1 saturated heterocycles. The first-order chi connectivity index (χ1) is 8.79. The van der Waals surface area contributed by atoms with Gasteiger partial charge < -0.3 is 4.90 Å². The molecule has 18 heavy (non-hydrogen) atoms. The number of piperazine rings is 1. The third kappa shape index (κ3) is 3.70. The maximum absolute atomic E-state index is 13.2. The Bertz CT molecular complexity index is 359. The molecule has 0 bridgehead atoms. The van der Waals surface area contributed by atoms with E-state index in [-0.39, 0.29) is 5.82 Å². The fourth-order valence-electron chi connectivity index (χ4n) is 2.41. The molecule has 3 heteroatoms. The van der Waals surface area contributed by atoms with E-state index in [1.807, 2.05) is 6.07 Å². The van der Waals surface area contributed by atoms with Crippen molar-refractivity contribution < 1.29 is 4.39 Å². The van der Waals surface area contributed by atoms with Gasteiger partial charge in [0.1, 0.15) is 5.82 Å². The van der Waals surface area contributed by atoms with Gasteiger partial charge in [0, 0.05) is 31.9 Å². The molecule has 0 spiro atoms. The predicted molar refractivity (Wildman–Crippen MR) is 74.3 cm³/mol. The highest BCUT2D eigenvalue weighted by Crippen LogP contribution is 2.17. The second kappa shape index (κ2) is 6.74. The fraction of sp³-hybridized carbons (Fsp3) is 0.533. The van der Waals surface area contributed by atoms with Crippen LogP contribution in [0, 0.1) is 12.7 Å². The van der Waals surface area contributed by atoms with Crippen molar-refractivity contribution in [2.75, 3.05) is 37.6 Å². The Hall–Kier alpha value is -1.09. The number of unbranched alkanes of at least 4 members (excludes halogenated alkanes) is 2. The molecule has 1 aliphatic rings. The van der Waals surface area contributed by atoms with Gasteiger partial charge in [0.05, 0.1) is 0 Å². The number of hydrogen-bond donors (Lipinski definition) is 0. The molecule has 0 aliphatic carbocycles. The van der Waals surface area contributed by atoms with Crippen molar-refractivity contribution in [2.45, 2.75) is 19.3 Å². The van der Waals surface area contributed by atoms with E-state index in [2.05, 4.69) is 16.7 Å². The van der Waals surface area contributed by atoms with Gasteiger partial charge in [0.2, 0.25) is 0 Å². The van der Waals surface area contributed by atoms with Crippen LogP contribution in [0.4, 0.5) is 10.1 Å². The zero-order valence-corrected chi connectivity index (χ0v) is 10.9. The molecule has 1 aromatic carbocycles. The van der Waals surface area contributed by atoms with Crippen LogP contribution in [0.2, 0.25) is 0 Å². The molecule has 1 radical (unpaired) electrons. The molecule has 0 unspecified atom stereocenters. The summed E-state index contributed by atoms with van der Waals surface area (Å²) in [5.74, 6) is -0.148. The highest BCUT2D eigenvalue weighted by atomic mass is 19.1. The molecule has 1 aliphatic heterocycles. The van der Waals surface area contributed by atoms with Crippen LogP contribution in [0.1, 0.15) is 19.3 Å². The number of nitrogens with zero attached hydrogens (tertiary/aromatic N) is 2. The molecule has 2 rings (SSSR count). The third-order valence-corrected chi connectivity index (χ3v) is 3.52.